The third kappa shape index (κ3) is 4.03. The summed E-state index contributed by atoms with van der Waals surface area (Å²) in [7, 11) is 0. The zero-order chi connectivity index (χ0) is 15.2. The average molecular weight is 349 g/mol. The molecule has 0 bridgehead atoms. The van der Waals surface area contributed by atoms with Crippen LogP contribution in [0.1, 0.15) is 29.8 Å². The molecule has 0 radical (unpaired) electrons. The minimum Gasteiger partial charge on any atom is -0.409 e. The summed E-state index contributed by atoms with van der Waals surface area (Å²) in [5, 5.41) is 15.2. The summed E-state index contributed by atoms with van der Waals surface area (Å²) in [6.45, 7) is 2.67. The lowest BCUT2D eigenvalue weighted by molar-refractivity contribution is 0.318. The number of amidine groups is 1. The Morgan fingerprint density at radius 2 is 2.10 bits per heavy atom. The van der Waals surface area contributed by atoms with Gasteiger partial charge in [0.25, 0.3) is 0 Å². The van der Waals surface area contributed by atoms with Gasteiger partial charge < -0.3 is 16.3 Å². The molecule has 0 saturated heterocycles. The van der Waals surface area contributed by atoms with Gasteiger partial charge in [0.2, 0.25) is 0 Å². The fraction of sp³-hybridized carbons (Fsp3) is 0.200. The Morgan fingerprint density at radius 1 is 1.38 bits per heavy atom. The molecule has 0 aliphatic heterocycles. The lowest BCUT2D eigenvalue weighted by Gasteiger charge is -2.15. The van der Waals surface area contributed by atoms with Gasteiger partial charge in [0, 0.05) is 23.3 Å². The number of halogens is 1. The summed E-state index contributed by atoms with van der Waals surface area (Å²) < 4.78 is 1.06. The van der Waals surface area contributed by atoms with E-state index in [-0.39, 0.29) is 11.9 Å². The van der Waals surface area contributed by atoms with Gasteiger partial charge in [-0.2, -0.15) is 0 Å². The van der Waals surface area contributed by atoms with Crippen LogP contribution in [0.5, 0.6) is 0 Å². The maximum absolute atomic E-state index is 8.79. The van der Waals surface area contributed by atoms with E-state index in [1.54, 1.807) is 6.20 Å². The van der Waals surface area contributed by atoms with Gasteiger partial charge in [-0.05, 0) is 36.2 Å². The first-order valence-electron chi connectivity index (χ1n) is 6.52. The normalized spacial score (nSPS) is 13.1. The van der Waals surface area contributed by atoms with Crippen LogP contribution in [0, 0.1) is 0 Å². The zero-order valence-electron chi connectivity index (χ0n) is 11.6. The minimum atomic E-state index is 0.0173. The van der Waals surface area contributed by atoms with Crippen molar-refractivity contribution in [2.75, 3.05) is 0 Å². The predicted molar refractivity (Wildman–Crippen MR) is 86.1 cm³/mol. The Bertz CT molecular complexity index is 628. The second-order valence-electron chi connectivity index (χ2n) is 4.65. The van der Waals surface area contributed by atoms with Crippen LogP contribution in [0.15, 0.2) is 52.2 Å². The number of benzene rings is 1. The molecule has 0 aliphatic carbocycles. The number of nitrogens with two attached hydrogens (primary N) is 1. The number of nitrogens with one attached hydrogen (secondary N) is 1. The monoisotopic (exact) mass is 348 g/mol. The molecule has 4 N–H and O–H groups in total. The van der Waals surface area contributed by atoms with Crippen molar-refractivity contribution in [1.29, 1.82) is 0 Å². The van der Waals surface area contributed by atoms with Gasteiger partial charge in [0.15, 0.2) is 5.84 Å². The number of oxime groups is 1. The maximum atomic E-state index is 8.79. The van der Waals surface area contributed by atoms with Crippen molar-refractivity contribution in [2.24, 2.45) is 10.9 Å². The van der Waals surface area contributed by atoms with Crippen LogP contribution in [0.25, 0.3) is 0 Å². The van der Waals surface area contributed by atoms with Crippen molar-refractivity contribution in [3.63, 3.8) is 0 Å². The first-order valence-corrected chi connectivity index (χ1v) is 7.31. The van der Waals surface area contributed by atoms with Crippen molar-refractivity contribution in [3.8, 4) is 0 Å². The van der Waals surface area contributed by atoms with Crippen molar-refractivity contribution >= 4 is 21.8 Å². The van der Waals surface area contributed by atoms with Crippen molar-refractivity contribution in [3.05, 3.63) is 63.9 Å². The molecule has 0 spiro atoms. The number of aromatic nitrogens is 1. The molecule has 2 aromatic rings. The van der Waals surface area contributed by atoms with E-state index >= 15 is 0 Å². The van der Waals surface area contributed by atoms with Gasteiger partial charge in [-0.3, -0.25) is 4.98 Å². The molecule has 110 valence electrons. The molecule has 0 aliphatic rings. The second-order valence-corrected chi connectivity index (χ2v) is 5.57. The molecule has 0 fully saturated rings. The molecule has 6 heteroatoms. The summed E-state index contributed by atoms with van der Waals surface area (Å²) in [6.07, 6.45) is 1.62. The van der Waals surface area contributed by atoms with Crippen LogP contribution in [0.3, 0.4) is 0 Å². The lowest BCUT2D eigenvalue weighted by atomic mass is 10.1. The Morgan fingerprint density at radius 3 is 2.76 bits per heavy atom. The van der Waals surface area contributed by atoms with E-state index in [9.17, 15) is 0 Å². The van der Waals surface area contributed by atoms with Gasteiger partial charge in [-0.1, -0.05) is 39.3 Å². The van der Waals surface area contributed by atoms with E-state index in [4.69, 9.17) is 10.9 Å². The molecule has 1 aromatic carbocycles. The molecule has 1 heterocycles. The Labute approximate surface area is 132 Å². The van der Waals surface area contributed by atoms with E-state index < -0.39 is 0 Å². The second kappa shape index (κ2) is 7.19. The van der Waals surface area contributed by atoms with Crippen LogP contribution in [0.4, 0.5) is 0 Å². The van der Waals surface area contributed by atoms with Crippen LogP contribution in [-0.4, -0.2) is 16.0 Å². The largest absolute Gasteiger partial charge is 0.409 e. The Kier molecular flexibility index (Phi) is 5.30. The van der Waals surface area contributed by atoms with Gasteiger partial charge in [-0.15, -0.1) is 0 Å². The number of rotatable bonds is 5. The third-order valence-electron chi connectivity index (χ3n) is 3.21. The minimum absolute atomic E-state index is 0.0173. The molecule has 5 nitrogen and oxygen atoms in total. The molecule has 21 heavy (non-hydrogen) atoms. The van der Waals surface area contributed by atoms with Crippen LogP contribution in [0.2, 0.25) is 0 Å². The average Bonchev–Trinajstić information content (AvgIpc) is 2.52. The van der Waals surface area contributed by atoms with Crippen molar-refractivity contribution in [1.82, 2.24) is 10.3 Å². The number of nitrogens with zero attached hydrogens (tertiary/aromatic N) is 2. The molecule has 1 unspecified atom stereocenters. The smallest absolute Gasteiger partial charge is 0.189 e. The van der Waals surface area contributed by atoms with E-state index in [0.717, 1.165) is 10.0 Å². The Balaban J connectivity index is 2.08. The molecular weight excluding hydrogens is 332 g/mol. The first kappa shape index (κ1) is 15.5. The standard InChI is InChI=1S/C15H17BrN4O/c1-10(11-4-6-13(16)7-5-11)19-9-12-3-2-8-18-14(12)15(17)20-21/h2-8,10,19,21H,9H2,1H3,(H2,17,20). The summed E-state index contributed by atoms with van der Waals surface area (Å²) >= 11 is 3.42. The fourth-order valence-corrected chi connectivity index (χ4v) is 2.26. The quantitative estimate of drug-likeness (QED) is 0.335. The molecular formula is C15H17BrN4O. The molecule has 1 atom stereocenters. The van der Waals surface area contributed by atoms with Gasteiger partial charge in [0.05, 0.1) is 0 Å². The highest BCUT2D eigenvalue weighted by Gasteiger charge is 2.10. The predicted octanol–water partition coefficient (Wildman–Crippen LogP) is 2.79. The third-order valence-corrected chi connectivity index (χ3v) is 3.74. The van der Waals surface area contributed by atoms with Gasteiger partial charge in [-0.25, -0.2) is 0 Å². The van der Waals surface area contributed by atoms with Crippen LogP contribution < -0.4 is 11.1 Å². The first-order chi connectivity index (χ1) is 10.1. The van der Waals surface area contributed by atoms with Crippen LogP contribution >= 0.6 is 15.9 Å². The number of hydrogen-bond acceptors (Lipinski definition) is 4. The van der Waals surface area contributed by atoms with Gasteiger partial charge >= 0.3 is 0 Å². The van der Waals surface area contributed by atoms with Crippen LogP contribution in [-0.2, 0) is 6.54 Å². The zero-order valence-corrected chi connectivity index (χ0v) is 13.2. The fourth-order valence-electron chi connectivity index (χ4n) is 1.99. The molecule has 0 saturated carbocycles. The topological polar surface area (TPSA) is 83.5 Å². The summed E-state index contributed by atoms with van der Waals surface area (Å²) in [5.41, 5.74) is 8.20. The summed E-state index contributed by atoms with van der Waals surface area (Å²) in [5.74, 6) is 0.0173. The molecule has 1 aromatic heterocycles. The van der Waals surface area contributed by atoms with E-state index in [2.05, 4.69) is 50.4 Å². The van der Waals surface area contributed by atoms with Crippen molar-refractivity contribution in [2.45, 2.75) is 19.5 Å². The molecule has 2 rings (SSSR count). The highest BCUT2D eigenvalue weighted by Crippen LogP contribution is 2.17. The summed E-state index contributed by atoms with van der Waals surface area (Å²) in [4.78, 5) is 4.15. The number of pyridine rings is 1. The van der Waals surface area contributed by atoms with Gasteiger partial charge in [0.1, 0.15) is 5.69 Å². The Hall–Kier alpha value is -1.92. The summed E-state index contributed by atoms with van der Waals surface area (Å²) in [6, 6.07) is 12.1. The van der Waals surface area contributed by atoms with E-state index in [0.29, 0.717) is 12.2 Å². The number of hydrogen-bond donors (Lipinski definition) is 3. The SMILES string of the molecule is CC(NCc1cccnc1C(N)=NO)c1ccc(Br)cc1. The highest BCUT2D eigenvalue weighted by atomic mass is 79.9. The maximum Gasteiger partial charge on any atom is 0.189 e. The van der Waals surface area contributed by atoms with E-state index in [1.807, 2.05) is 24.3 Å². The van der Waals surface area contributed by atoms with Crippen molar-refractivity contribution < 1.29 is 5.21 Å². The molecule has 0 amide bonds. The highest BCUT2D eigenvalue weighted by molar-refractivity contribution is 9.10. The lowest BCUT2D eigenvalue weighted by Crippen LogP contribution is -2.23. The van der Waals surface area contributed by atoms with E-state index in [1.165, 1.54) is 5.56 Å².